The first kappa shape index (κ1) is 16.0. The molecule has 1 aromatic heterocycles. The molecule has 1 aliphatic rings. The summed E-state index contributed by atoms with van der Waals surface area (Å²) in [6.45, 7) is 5.46. The van der Waals surface area contributed by atoms with E-state index in [2.05, 4.69) is 26.8 Å². The molecule has 0 bridgehead atoms. The number of carbonyl (C=O) groups excluding carboxylic acids is 2. The van der Waals surface area contributed by atoms with Crippen molar-refractivity contribution in [3.8, 4) is 0 Å². The van der Waals surface area contributed by atoms with Crippen LogP contribution in [0.2, 0.25) is 0 Å². The molecule has 2 amide bonds. The van der Waals surface area contributed by atoms with Gasteiger partial charge in [0.05, 0.1) is 19.3 Å². The Labute approximate surface area is 131 Å². The minimum Gasteiger partial charge on any atom is -0.444 e. The standard InChI is InChI=1S/C13H18BrN3O4/c1-8-7-20-9(2)5-17(8)6-12(18)15-16-13(19)10-3-4-11(14)21-10/h3-4,8-9H,5-7H2,1-2H3,(H,15,18)(H,16,19)/t8-,9+/m1/s1. The van der Waals surface area contributed by atoms with Gasteiger partial charge in [-0.1, -0.05) is 0 Å². The molecule has 1 saturated heterocycles. The lowest BCUT2D eigenvalue weighted by molar-refractivity contribution is -0.126. The first-order valence-corrected chi connectivity index (χ1v) is 7.45. The molecular weight excluding hydrogens is 342 g/mol. The van der Waals surface area contributed by atoms with E-state index in [9.17, 15) is 9.59 Å². The molecule has 1 aliphatic heterocycles. The fourth-order valence-electron chi connectivity index (χ4n) is 2.04. The van der Waals surface area contributed by atoms with E-state index in [1.54, 1.807) is 6.07 Å². The summed E-state index contributed by atoms with van der Waals surface area (Å²) in [5.74, 6) is -0.664. The molecule has 7 nitrogen and oxygen atoms in total. The SMILES string of the molecule is C[C@@H]1CO[C@@H](C)CN1CC(=O)NNC(=O)c1ccc(Br)o1. The second-order valence-electron chi connectivity index (χ2n) is 5.03. The Kier molecular flexibility index (Phi) is 5.38. The molecule has 2 atom stereocenters. The van der Waals surface area contributed by atoms with Crippen LogP contribution in [0.5, 0.6) is 0 Å². The Bertz CT molecular complexity index is 519. The van der Waals surface area contributed by atoms with Crippen LogP contribution in [-0.2, 0) is 9.53 Å². The number of nitrogens with one attached hydrogen (secondary N) is 2. The highest BCUT2D eigenvalue weighted by molar-refractivity contribution is 9.10. The average Bonchev–Trinajstić information content (AvgIpc) is 2.87. The van der Waals surface area contributed by atoms with Gasteiger partial charge in [0.2, 0.25) is 0 Å². The third kappa shape index (κ3) is 4.55. The lowest BCUT2D eigenvalue weighted by atomic mass is 10.2. The minimum absolute atomic E-state index is 0.101. The number of rotatable bonds is 3. The zero-order chi connectivity index (χ0) is 15.4. The summed E-state index contributed by atoms with van der Waals surface area (Å²) >= 11 is 3.11. The third-order valence-electron chi connectivity index (χ3n) is 3.20. The van der Waals surface area contributed by atoms with Gasteiger partial charge in [-0.2, -0.15) is 0 Å². The summed E-state index contributed by atoms with van der Waals surface area (Å²) in [4.78, 5) is 25.6. The molecule has 0 aliphatic carbocycles. The van der Waals surface area contributed by atoms with E-state index >= 15 is 0 Å². The minimum atomic E-state index is -0.502. The van der Waals surface area contributed by atoms with E-state index in [1.807, 2.05) is 18.7 Å². The molecule has 8 heteroatoms. The summed E-state index contributed by atoms with van der Waals surface area (Å²) < 4.78 is 11.0. The number of amides is 2. The average molecular weight is 360 g/mol. The molecule has 0 saturated carbocycles. The summed E-state index contributed by atoms with van der Waals surface area (Å²) in [5, 5.41) is 0. The molecule has 0 unspecified atom stereocenters. The first-order chi connectivity index (χ1) is 9.95. The molecule has 2 rings (SSSR count). The van der Waals surface area contributed by atoms with Crippen LogP contribution in [0.3, 0.4) is 0 Å². The van der Waals surface area contributed by atoms with Crippen molar-refractivity contribution in [2.75, 3.05) is 19.7 Å². The molecule has 2 N–H and O–H groups in total. The molecule has 21 heavy (non-hydrogen) atoms. The van der Waals surface area contributed by atoms with Gasteiger partial charge in [0.1, 0.15) is 0 Å². The van der Waals surface area contributed by atoms with Gasteiger partial charge in [-0.05, 0) is 41.9 Å². The molecule has 0 aromatic carbocycles. The summed E-state index contributed by atoms with van der Waals surface area (Å²) in [6, 6.07) is 3.29. The van der Waals surface area contributed by atoms with Crippen molar-refractivity contribution >= 4 is 27.7 Å². The van der Waals surface area contributed by atoms with Crippen molar-refractivity contribution in [1.82, 2.24) is 15.8 Å². The number of carbonyl (C=O) groups is 2. The Morgan fingerprint density at radius 1 is 1.38 bits per heavy atom. The van der Waals surface area contributed by atoms with Crippen molar-refractivity contribution in [1.29, 1.82) is 0 Å². The Hall–Kier alpha value is -1.38. The van der Waals surface area contributed by atoms with Crippen LogP contribution >= 0.6 is 15.9 Å². The van der Waals surface area contributed by atoms with E-state index in [0.717, 1.165) is 0 Å². The predicted molar refractivity (Wildman–Crippen MR) is 78.5 cm³/mol. The fourth-order valence-corrected chi connectivity index (χ4v) is 2.35. The molecule has 0 radical (unpaired) electrons. The van der Waals surface area contributed by atoms with Crippen LogP contribution in [-0.4, -0.2) is 48.6 Å². The van der Waals surface area contributed by atoms with Crippen LogP contribution < -0.4 is 10.9 Å². The van der Waals surface area contributed by atoms with Crippen LogP contribution in [0.25, 0.3) is 0 Å². The van der Waals surface area contributed by atoms with Gasteiger partial charge in [-0.25, -0.2) is 0 Å². The van der Waals surface area contributed by atoms with E-state index in [1.165, 1.54) is 6.07 Å². The molecule has 1 aromatic rings. The van der Waals surface area contributed by atoms with Gasteiger partial charge in [0, 0.05) is 12.6 Å². The number of hydrogen-bond acceptors (Lipinski definition) is 5. The highest BCUT2D eigenvalue weighted by Gasteiger charge is 2.25. The summed E-state index contributed by atoms with van der Waals surface area (Å²) in [5.41, 5.74) is 4.69. The number of furan rings is 1. The Morgan fingerprint density at radius 2 is 2.14 bits per heavy atom. The molecule has 1 fully saturated rings. The Balaban J connectivity index is 1.78. The highest BCUT2D eigenvalue weighted by Crippen LogP contribution is 2.13. The van der Waals surface area contributed by atoms with E-state index in [0.29, 0.717) is 17.8 Å². The van der Waals surface area contributed by atoms with Crippen LogP contribution in [0.1, 0.15) is 24.4 Å². The summed E-state index contributed by atoms with van der Waals surface area (Å²) in [7, 11) is 0. The molecule has 116 valence electrons. The number of nitrogens with zero attached hydrogens (tertiary/aromatic N) is 1. The van der Waals surface area contributed by atoms with E-state index < -0.39 is 5.91 Å². The molecule has 0 spiro atoms. The lowest BCUT2D eigenvalue weighted by Gasteiger charge is -2.36. The number of morpholine rings is 1. The van der Waals surface area contributed by atoms with E-state index in [4.69, 9.17) is 9.15 Å². The smallest absolute Gasteiger partial charge is 0.305 e. The number of hydrogen-bond donors (Lipinski definition) is 2. The van der Waals surface area contributed by atoms with Gasteiger partial charge in [-0.15, -0.1) is 0 Å². The lowest BCUT2D eigenvalue weighted by Crippen LogP contribution is -2.53. The van der Waals surface area contributed by atoms with Gasteiger partial charge >= 0.3 is 5.91 Å². The van der Waals surface area contributed by atoms with Crippen molar-refractivity contribution in [2.24, 2.45) is 0 Å². The fraction of sp³-hybridized carbons (Fsp3) is 0.538. The van der Waals surface area contributed by atoms with Crippen molar-refractivity contribution in [3.05, 3.63) is 22.6 Å². The quantitative estimate of drug-likeness (QED) is 0.783. The molecular formula is C13H18BrN3O4. The van der Waals surface area contributed by atoms with E-state index in [-0.39, 0.29) is 30.4 Å². The first-order valence-electron chi connectivity index (χ1n) is 6.66. The highest BCUT2D eigenvalue weighted by atomic mass is 79.9. The number of hydrazine groups is 1. The second-order valence-corrected chi connectivity index (χ2v) is 5.81. The summed E-state index contributed by atoms with van der Waals surface area (Å²) in [6.07, 6.45) is 0.101. The second kappa shape index (κ2) is 7.06. The normalized spacial score (nSPS) is 22.8. The van der Waals surface area contributed by atoms with Crippen LogP contribution in [0.4, 0.5) is 0 Å². The maximum absolute atomic E-state index is 11.9. The largest absolute Gasteiger partial charge is 0.444 e. The monoisotopic (exact) mass is 359 g/mol. The van der Waals surface area contributed by atoms with Crippen LogP contribution in [0.15, 0.2) is 21.2 Å². The van der Waals surface area contributed by atoms with Gasteiger partial charge in [-0.3, -0.25) is 25.3 Å². The predicted octanol–water partition coefficient (Wildman–Crippen LogP) is 0.912. The number of halogens is 1. The zero-order valence-electron chi connectivity index (χ0n) is 11.9. The maximum Gasteiger partial charge on any atom is 0.305 e. The number of ether oxygens (including phenoxy) is 1. The van der Waals surface area contributed by atoms with Crippen molar-refractivity contribution < 1.29 is 18.7 Å². The topological polar surface area (TPSA) is 83.8 Å². The van der Waals surface area contributed by atoms with Crippen molar-refractivity contribution in [2.45, 2.75) is 26.0 Å². The van der Waals surface area contributed by atoms with Gasteiger partial charge in [0.25, 0.3) is 5.91 Å². The molecule has 2 heterocycles. The van der Waals surface area contributed by atoms with Crippen LogP contribution in [0, 0.1) is 0 Å². The third-order valence-corrected chi connectivity index (χ3v) is 3.62. The Morgan fingerprint density at radius 3 is 2.81 bits per heavy atom. The van der Waals surface area contributed by atoms with Gasteiger partial charge < -0.3 is 9.15 Å². The van der Waals surface area contributed by atoms with Crippen molar-refractivity contribution in [3.63, 3.8) is 0 Å². The van der Waals surface area contributed by atoms with Gasteiger partial charge in [0.15, 0.2) is 10.4 Å². The maximum atomic E-state index is 11.9. The zero-order valence-corrected chi connectivity index (χ0v) is 13.5.